The lowest BCUT2D eigenvalue weighted by atomic mass is 10.1. The van der Waals surface area contributed by atoms with Crippen LogP contribution in [-0.2, 0) is 9.47 Å². The van der Waals surface area contributed by atoms with Gasteiger partial charge in [0.1, 0.15) is 0 Å². The summed E-state index contributed by atoms with van der Waals surface area (Å²) in [7, 11) is 0. The number of esters is 1. The molecule has 1 aromatic carbocycles. The minimum absolute atomic E-state index is 0.0241. The van der Waals surface area contributed by atoms with E-state index in [1.165, 1.54) is 12.1 Å². The summed E-state index contributed by atoms with van der Waals surface area (Å²) >= 11 is 0. The molecule has 0 aliphatic rings. The van der Waals surface area contributed by atoms with Gasteiger partial charge in [-0.1, -0.05) is 25.5 Å². The van der Waals surface area contributed by atoms with Crippen LogP contribution in [-0.4, -0.2) is 60.3 Å². The number of aliphatic hydroxyl groups excluding tert-OH is 2. The van der Waals surface area contributed by atoms with Crippen LogP contribution in [0.2, 0.25) is 0 Å². The number of unbranched alkanes of at least 4 members (excludes halogenated alkanes) is 1. The molecular formula is C16H24O7. The van der Waals surface area contributed by atoms with Crippen LogP contribution >= 0.6 is 0 Å². The molecule has 0 saturated heterocycles. The van der Waals surface area contributed by atoms with Crippen LogP contribution in [0.3, 0.4) is 0 Å². The summed E-state index contributed by atoms with van der Waals surface area (Å²) < 4.78 is 9.59. The molecule has 0 bridgehead atoms. The maximum Gasteiger partial charge on any atom is 0.339 e. The van der Waals surface area contributed by atoms with Crippen molar-refractivity contribution in [3.63, 3.8) is 0 Å². The van der Waals surface area contributed by atoms with E-state index in [4.69, 9.17) is 20.1 Å². The van der Waals surface area contributed by atoms with E-state index in [1.54, 1.807) is 12.1 Å². The van der Waals surface area contributed by atoms with Crippen molar-refractivity contribution in [3.05, 3.63) is 35.4 Å². The number of ether oxygens (including phenoxy) is 2. The van der Waals surface area contributed by atoms with Gasteiger partial charge >= 0.3 is 11.9 Å². The molecule has 0 atom stereocenters. The van der Waals surface area contributed by atoms with Gasteiger partial charge in [0.2, 0.25) is 0 Å². The highest BCUT2D eigenvalue weighted by Gasteiger charge is 2.16. The number of hydrogen-bond acceptors (Lipinski definition) is 6. The molecule has 0 fully saturated rings. The number of rotatable bonds is 9. The summed E-state index contributed by atoms with van der Waals surface area (Å²) in [6.45, 7) is 3.00. The minimum atomic E-state index is -1.12. The zero-order valence-electron chi connectivity index (χ0n) is 13.2. The average molecular weight is 328 g/mol. The van der Waals surface area contributed by atoms with Crippen LogP contribution in [0.1, 0.15) is 40.5 Å². The third kappa shape index (κ3) is 9.62. The lowest BCUT2D eigenvalue weighted by Gasteiger charge is -2.06. The molecule has 0 unspecified atom stereocenters. The van der Waals surface area contributed by atoms with Crippen molar-refractivity contribution < 1.29 is 34.4 Å². The van der Waals surface area contributed by atoms with E-state index in [2.05, 4.69) is 4.74 Å². The first-order valence-electron chi connectivity index (χ1n) is 7.37. The second-order valence-electron chi connectivity index (χ2n) is 4.40. The van der Waals surface area contributed by atoms with Crippen LogP contribution in [0.4, 0.5) is 0 Å². The fraction of sp³-hybridized carbons (Fsp3) is 0.500. The van der Waals surface area contributed by atoms with Crippen LogP contribution in [0.5, 0.6) is 0 Å². The lowest BCUT2D eigenvalue weighted by molar-refractivity contribution is 0.0489. The van der Waals surface area contributed by atoms with Gasteiger partial charge in [0.15, 0.2) is 0 Å². The molecule has 0 saturated carbocycles. The molecule has 0 amide bonds. The van der Waals surface area contributed by atoms with E-state index >= 15 is 0 Å². The summed E-state index contributed by atoms with van der Waals surface area (Å²) in [4.78, 5) is 22.4. The highest BCUT2D eigenvalue weighted by molar-refractivity contribution is 6.02. The molecule has 0 aromatic heterocycles. The smallest absolute Gasteiger partial charge is 0.339 e. The van der Waals surface area contributed by atoms with E-state index in [0.29, 0.717) is 19.8 Å². The predicted octanol–water partition coefficient (Wildman–Crippen LogP) is 1.33. The zero-order valence-corrected chi connectivity index (χ0v) is 13.2. The van der Waals surface area contributed by atoms with Gasteiger partial charge in [-0.15, -0.1) is 0 Å². The maximum absolute atomic E-state index is 11.6. The summed E-state index contributed by atoms with van der Waals surface area (Å²) in [5, 5.41) is 25.1. The highest BCUT2D eigenvalue weighted by Crippen LogP contribution is 2.10. The molecule has 1 aromatic rings. The van der Waals surface area contributed by atoms with Crippen LogP contribution in [0, 0.1) is 0 Å². The standard InChI is InChI=1S/C12H14O4.C4H10O3/c1-2-3-8-16-12(15)10-7-5-4-6-9(10)11(13)14;5-1-3-7-4-2-6/h4-7H,2-3,8H2,1H3,(H,13,14);5-6H,1-4H2. The van der Waals surface area contributed by atoms with Crippen molar-refractivity contribution in [3.8, 4) is 0 Å². The predicted molar refractivity (Wildman–Crippen MR) is 83.6 cm³/mol. The van der Waals surface area contributed by atoms with Crippen molar-refractivity contribution in [2.24, 2.45) is 0 Å². The number of carboxylic acid groups (broad SMARTS) is 1. The molecule has 0 radical (unpaired) electrons. The Morgan fingerprint density at radius 3 is 2.04 bits per heavy atom. The first kappa shape index (κ1) is 21.0. The molecule has 3 N–H and O–H groups in total. The molecule has 1 rings (SSSR count). The fourth-order valence-corrected chi connectivity index (χ4v) is 1.47. The molecule has 7 heteroatoms. The maximum atomic E-state index is 11.6. The van der Waals surface area contributed by atoms with Gasteiger partial charge in [0, 0.05) is 0 Å². The second kappa shape index (κ2) is 13.7. The first-order valence-corrected chi connectivity index (χ1v) is 7.37. The van der Waals surface area contributed by atoms with Crippen molar-refractivity contribution in [1.29, 1.82) is 0 Å². The number of carbonyl (C=O) groups is 2. The van der Waals surface area contributed by atoms with E-state index in [1.807, 2.05) is 6.92 Å². The molecule has 23 heavy (non-hydrogen) atoms. The Balaban J connectivity index is 0.000000585. The Labute approximate surface area is 135 Å². The van der Waals surface area contributed by atoms with E-state index < -0.39 is 11.9 Å². The normalized spacial score (nSPS) is 9.70. The third-order valence-corrected chi connectivity index (χ3v) is 2.58. The zero-order chi connectivity index (χ0) is 17.5. The van der Waals surface area contributed by atoms with Gasteiger partial charge in [-0.25, -0.2) is 9.59 Å². The van der Waals surface area contributed by atoms with E-state index in [-0.39, 0.29) is 24.3 Å². The molecule has 0 aliphatic carbocycles. The molecule has 0 aliphatic heterocycles. The van der Waals surface area contributed by atoms with E-state index in [9.17, 15) is 9.59 Å². The van der Waals surface area contributed by atoms with Crippen molar-refractivity contribution in [2.75, 3.05) is 33.0 Å². The topological polar surface area (TPSA) is 113 Å². The number of carboxylic acids is 1. The SMILES string of the molecule is CCCCOC(=O)c1ccccc1C(=O)O.OCCOCCO. The number of aliphatic hydroxyl groups is 2. The Morgan fingerprint density at radius 1 is 1.00 bits per heavy atom. The van der Waals surface area contributed by atoms with Gasteiger partial charge < -0.3 is 24.8 Å². The van der Waals surface area contributed by atoms with Crippen LogP contribution < -0.4 is 0 Å². The molecular weight excluding hydrogens is 304 g/mol. The van der Waals surface area contributed by atoms with Crippen LogP contribution in [0.15, 0.2) is 24.3 Å². The highest BCUT2D eigenvalue weighted by atomic mass is 16.5. The number of carbonyl (C=O) groups excluding carboxylic acids is 1. The van der Waals surface area contributed by atoms with Gasteiger partial charge in [0.25, 0.3) is 0 Å². The second-order valence-corrected chi connectivity index (χ2v) is 4.40. The lowest BCUT2D eigenvalue weighted by Crippen LogP contribution is -2.12. The van der Waals surface area contributed by atoms with Crippen molar-refractivity contribution >= 4 is 11.9 Å². The summed E-state index contributed by atoms with van der Waals surface area (Å²) in [5.41, 5.74) is 0.0788. The minimum Gasteiger partial charge on any atom is -0.478 e. The number of hydrogen-bond donors (Lipinski definition) is 3. The molecule has 0 spiro atoms. The largest absolute Gasteiger partial charge is 0.478 e. The molecule has 7 nitrogen and oxygen atoms in total. The Kier molecular flexibility index (Phi) is 12.5. The fourth-order valence-electron chi connectivity index (χ4n) is 1.47. The quantitative estimate of drug-likeness (QED) is 0.463. The van der Waals surface area contributed by atoms with E-state index in [0.717, 1.165) is 12.8 Å². The Hall–Kier alpha value is -1.96. The molecule has 0 heterocycles. The Morgan fingerprint density at radius 2 is 1.57 bits per heavy atom. The monoisotopic (exact) mass is 328 g/mol. The summed E-state index contributed by atoms with van der Waals surface area (Å²) in [6.07, 6.45) is 1.70. The van der Waals surface area contributed by atoms with Gasteiger partial charge in [-0.05, 0) is 18.6 Å². The van der Waals surface area contributed by atoms with Crippen molar-refractivity contribution in [1.82, 2.24) is 0 Å². The first-order chi connectivity index (χ1) is 11.1. The molecule has 130 valence electrons. The van der Waals surface area contributed by atoms with Gasteiger partial charge in [0.05, 0.1) is 44.2 Å². The summed E-state index contributed by atoms with van der Waals surface area (Å²) in [6, 6.07) is 6.03. The number of benzene rings is 1. The number of aromatic carboxylic acids is 1. The van der Waals surface area contributed by atoms with Crippen LogP contribution in [0.25, 0.3) is 0 Å². The van der Waals surface area contributed by atoms with Gasteiger partial charge in [-0.2, -0.15) is 0 Å². The van der Waals surface area contributed by atoms with Crippen molar-refractivity contribution in [2.45, 2.75) is 19.8 Å². The summed E-state index contributed by atoms with van der Waals surface area (Å²) in [5.74, 6) is -1.70. The van der Waals surface area contributed by atoms with Gasteiger partial charge in [-0.3, -0.25) is 0 Å². The Bertz CT molecular complexity index is 455. The third-order valence-electron chi connectivity index (χ3n) is 2.58. The average Bonchev–Trinajstić information content (AvgIpc) is 2.56.